The molecule has 0 aliphatic rings. The van der Waals surface area contributed by atoms with Crippen molar-refractivity contribution < 1.29 is 0 Å². The maximum Gasteiger partial charge on any atom is 0.222 e. The van der Waals surface area contributed by atoms with Gasteiger partial charge in [-0.15, -0.1) is 0 Å². The molecule has 0 bridgehead atoms. The highest BCUT2D eigenvalue weighted by Gasteiger charge is 2.11. The largest absolute Gasteiger partial charge is 0.368 e. The zero-order chi connectivity index (χ0) is 12.5. The number of hydrogen-bond acceptors (Lipinski definition) is 4. The van der Waals surface area contributed by atoms with E-state index < -0.39 is 0 Å². The maximum absolute atomic E-state index is 5.72. The SMILES string of the molecule is CCCn1cc(-c2nc(N)nc3[nH]ccc23)cn1. The van der Waals surface area contributed by atoms with Gasteiger partial charge in [-0.1, -0.05) is 6.92 Å². The molecule has 3 rings (SSSR count). The number of nitrogen functional groups attached to an aromatic ring is 1. The first-order chi connectivity index (χ1) is 8.78. The lowest BCUT2D eigenvalue weighted by molar-refractivity contribution is 0.603. The molecule has 3 aromatic rings. The van der Waals surface area contributed by atoms with Crippen LogP contribution in [0.15, 0.2) is 24.7 Å². The fourth-order valence-electron chi connectivity index (χ4n) is 2.02. The van der Waals surface area contributed by atoms with Gasteiger partial charge in [-0.2, -0.15) is 10.1 Å². The second-order valence-electron chi connectivity index (χ2n) is 4.16. The van der Waals surface area contributed by atoms with E-state index in [4.69, 9.17) is 5.73 Å². The number of fused-ring (bicyclic) bond motifs is 1. The van der Waals surface area contributed by atoms with E-state index >= 15 is 0 Å². The third kappa shape index (κ3) is 1.71. The van der Waals surface area contributed by atoms with Gasteiger partial charge in [0, 0.05) is 29.9 Å². The van der Waals surface area contributed by atoms with Crippen LogP contribution in [0.1, 0.15) is 13.3 Å². The lowest BCUT2D eigenvalue weighted by atomic mass is 10.2. The van der Waals surface area contributed by atoms with E-state index in [2.05, 4.69) is 27.0 Å². The van der Waals surface area contributed by atoms with Crippen molar-refractivity contribution in [3.8, 4) is 11.3 Å². The van der Waals surface area contributed by atoms with Crippen molar-refractivity contribution in [3.05, 3.63) is 24.7 Å². The summed E-state index contributed by atoms with van der Waals surface area (Å²) < 4.78 is 1.91. The number of aromatic nitrogens is 5. The molecule has 0 spiro atoms. The Morgan fingerprint density at radius 1 is 1.39 bits per heavy atom. The van der Waals surface area contributed by atoms with Crippen LogP contribution < -0.4 is 5.73 Å². The molecule has 92 valence electrons. The number of aromatic amines is 1. The molecule has 3 heterocycles. The number of anilines is 1. The smallest absolute Gasteiger partial charge is 0.222 e. The van der Waals surface area contributed by atoms with Crippen LogP contribution in [0.4, 0.5) is 5.95 Å². The average molecular weight is 242 g/mol. The van der Waals surface area contributed by atoms with Gasteiger partial charge in [-0.3, -0.25) is 4.68 Å². The molecule has 0 radical (unpaired) electrons. The Morgan fingerprint density at radius 3 is 3.11 bits per heavy atom. The molecule has 0 aliphatic heterocycles. The highest BCUT2D eigenvalue weighted by Crippen LogP contribution is 2.25. The number of H-pyrrole nitrogens is 1. The van der Waals surface area contributed by atoms with E-state index in [1.807, 2.05) is 29.3 Å². The van der Waals surface area contributed by atoms with E-state index in [9.17, 15) is 0 Å². The first-order valence-corrected chi connectivity index (χ1v) is 5.91. The molecular weight excluding hydrogens is 228 g/mol. The molecule has 3 N–H and O–H groups in total. The Bertz CT molecular complexity index is 681. The molecule has 0 saturated carbocycles. The van der Waals surface area contributed by atoms with E-state index in [0.717, 1.165) is 35.3 Å². The van der Waals surface area contributed by atoms with E-state index in [-0.39, 0.29) is 5.95 Å². The second-order valence-corrected chi connectivity index (χ2v) is 4.16. The molecule has 0 aromatic carbocycles. The molecule has 6 nitrogen and oxygen atoms in total. The van der Waals surface area contributed by atoms with Crippen LogP contribution in [0, 0.1) is 0 Å². The first-order valence-electron chi connectivity index (χ1n) is 5.91. The number of rotatable bonds is 3. The monoisotopic (exact) mass is 242 g/mol. The molecule has 6 heteroatoms. The molecule has 18 heavy (non-hydrogen) atoms. The third-order valence-corrected chi connectivity index (χ3v) is 2.79. The summed E-state index contributed by atoms with van der Waals surface area (Å²) >= 11 is 0. The minimum Gasteiger partial charge on any atom is -0.368 e. The number of hydrogen-bond donors (Lipinski definition) is 2. The number of nitrogens with two attached hydrogens (primary N) is 1. The van der Waals surface area contributed by atoms with Gasteiger partial charge in [0.2, 0.25) is 5.95 Å². The highest BCUT2D eigenvalue weighted by molar-refractivity contribution is 5.91. The van der Waals surface area contributed by atoms with E-state index in [1.54, 1.807) is 0 Å². The van der Waals surface area contributed by atoms with E-state index in [1.165, 1.54) is 0 Å². The molecule has 0 aliphatic carbocycles. The predicted octanol–water partition coefficient (Wildman–Crippen LogP) is 1.81. The van der Waals surface area contributed by atoms with Crippen molar-refractivity contribution >= 4 is 17.0 Å². The van der Waals surface area contributed by atoms with Gasteiger partial charge in [-0.05, 0) is 12.5 Å². The van der Waals surface area contributed by atoms with Crippen molar-refractivity contribution in [3.63, 3.8) is 0 Å². The standard InChI is InChI=1S/C12H14N6/c1-2-5-18-7-8(6-15-18)10-9-3-4-14-11(9)17-12(13)16-10/h3-4,6-7H,2,5H2,1H3,(H3,13,14,16,17). The van der Waals surface area contributed by atoms with Crippen LogP contribution in [0.2, 0.25) is 0 Å². The van der Waals surface area contributed by atoms with Crippen LogP contribution in [0.5, 0.6) is 0 Å². The van der Waals surface area contributed by atoms with Crippen molar-refractivity contribution in [1.82, 2.24) is 24.7 Å². The third-order valence-electron chi connectivity index (χ3n) is 2.79. The van der Waals surface area contributed by atoms with Crippen molar-refractivity contribution in [1.29, 1.82) is 0 Å². The van der Waals surface area contributed by atoms with Crippen molar-refractivity contribution in [2.45, 2.75) is 19.9 Å². The summed E-state index contributed by atoms with van der Waals surface area (Å²) in [6.45, 7) is 3.02. The lowest BCUT2D eigenvalue weighted by Gasteiger charge is -2.00. The Balaban J connectivity index is 2.14. The Morgan fingerprint density at radius 2 is 2.28 bits per heavy atom. The number of aryl methyl sites for hydroxylation is 1. The molecule has 3 aromatic heterocycles. The van der Waals surface area contributed by atoms with Gasteiger partial charge in [0.15, 0.2) is 0 Å². The molecule has 0 amide bonds. The molecular formula is C12H14N6. The number of nitrogens with one attached hydrogen (secondary N) is 1. The minimum absolute atomic E-state index is 0.267. The zero-order valence-corrected chi connectivity index (χ0v) is 10.1. The molecule has 0 saturated heterocycles. The van der Waals surface area contributed by atoms with Crippen molar-refractivity contribution in [2.24, 2.45) is 0 Å². The maximum atomic E-state index is 5.72. The quantitative estimate of drug-likeness (QED) is 0.733. The Kier molecular flexibility index (Phi) is 2.47. The summed E-state index contributed by atoms with van der Waals surface area (Å²) in [5.41, 5.74) is 8.25. The van der Waals surface area contributed by atoms with Crippen LogP contribution >= 0.6 is 0 Å². The zero-order valence-electron chi connectivity index (χ0n) is 10.1. The Hall–Kier alpha value is -2.37. The summed E-state index contributed by atoms with van der Waals surface area (Å²) in [4.78, 5) is 11.5. The van der Waals surface area contributed by atoms with Gasteiger partial charge >= 0.3 is 0 Å². The Labute approximate surface area is 104 Å². The van der Waals surface area contributed by atoms with Gasteiger partial charge in [0.1, 0.15) is 5.65 Å². The minimum atomic E-state index is 0.267. The summed E-state index contributed by atoms with van der Waals surface area (Å²) in [7, 11) is 0. The fraction of sp³-hybridized carbons (Fsp3) is 0.250. The first kappa shape index (κ1) is 10.8. The summed E-state index contributed by atoms with van der Waals surface area (Å²) in [5.74, 6) is 0.267. The predicted molar refractivity (Wildman–Crippen MR) is 69.8 cm³/mol. The van der Waals surface area contributed by atoms with E-state index in [0.29, 0.717) is 0 Å². The average Bonchev–Trinajstić information content (AvgIpc) is 2.96. The molecule has 0 fully saturated rings. The van der Waals surface area contributed by atoms with Crippen LogP contribution in [-0.2, 0) is 6.54 Å². The number of nitrogens with zero attached hydrogens (tertiary/aromatic N) is 4. The van der Waals surface area contributed by atoms with Gasteiger partial charge in [-0.25, -0.2) is 4.98 Å². The second kappa shape index (κ2) is 4.14. The summed E-state index contributed by atoms with van der Waals surface area (Å²) in [5, 5.41) is 5.27. The fourth-order valence-corrected chi connectivity index (χ4v) is 2.02. The summed E-state index contributed by atoms with van der Waals surface area (Å²) in [6, 6.07) is 1.95. The van der Waals surface area contributed by atoms with Gasteiger partial charge in [0.05, 0.1) is 11.9 Å². The topological polar surface area (TPSA) is 85.4 Å². The van der Waals surface area contributed by atoms with Gasteiger partial charge in [0.25, 0.3) is 0 Å². The van der Waals surface area contributed by atoms with Crippen molar-refractivity contribution in [2.75, 3.05) is 5.73 Å². The molecule has 0 atom stereocenters. The normalized spacial score (nSPS) is 11.2. The molecule has 0 unspecified atom stereocenters. The van der Waals surface area contributed by atoms with Gasteiger partial charge < -0.3 is 10.7 Å². The van der Waals surface area contributed by atoms with Crippen LogP contribution in [0.3, 0.4) is 0 Å². The highest BCUT2D eigenvalue weighted by atomic mass is 15.3. The lowest BCUT2D eigenvalue weighted by Crippen LogP contribution is -1.97. The van der Waals surface area contributed by atoms with Crippen LogP contribution in [0.25, 0.3) is 22.3 Å². The van der Waals surface area contributed by atoms with Crippen LogP contribution in [-0.4, -0.2) is 24.7 Å². The summed E-state index contributed by atoms with van der Waals surface area (Å²) in [6.07, 6.45) is 6.67.